The number of carbonyl (C=O) groups is 1. The van der Waals surface area contributed by atoms with Gasteiger partial charge in [-0.2, -0.15) is 5.10 Å². The minimum atomic E-state index is -2.37. The van der Waals surface area contributed by atoms with E-state index in [9.17, 15) is 18.7 Å². The second kappa shape index (κ2) is 9.04. The summed E-state index contributed by atoms with van der Waals surface area (Å²) in [7, 11) is 0. The first kappa shape index (κ1) is 23.4. The lowest BCUT2D eigenvalue weighted by molar-refractivity contribution is 0.0447. The first-order chi connectivity index (χ1) is 16.7. The number of halogens is 2. The number of hydrogen-bond donors (Lipinski definition) is 2. The highest BCUT2D eigenvalue weighted by molar-refractivity contribution is 6.09. The second-order valence-electron chi connectivity index (χ2n) is 9.45. The smallest absolute Gasteiger partial charge is 0.261 e. The molecule has 1 atom stereocenters. The zero-order valence-electron chi connectivity index (χ0n) is 19.7. The lowest BCUT2D eigenvalue weighted by Crippen LogP contribution is -2.48. The molecule has 2 aromatic heterocycles. The highest BCUT2D eigenvalue weighted by Crippen LogP contribution is 2.42. The van der Waals surface area contributed by atoms with Crippen LogP contribution in [-0.4, -0.2) is 81.9 Å². The molecule has 0 bridgehead atoms. The molecule has 2 aliphatic rings. The summed E-state index contributed by atoms with van der Waals surface area (Å²) in [6.45, 7) is 5.38. The molecule has 11 heteroatoms. The number of rotatable bonds is 6. The van der Waals surface area contributed by atoms with E-state index in [4.69, 9.17) is 4.74 Å². The van der Waals surface area contributed by atoms with Crippen molar-refractivity contribution in [2.45, 2.75) is 32.3 Å². The summed E-state index contributed by atoms with van der Waals surface area (Å²) < 4.78 is 33.2. The van der Waals surface area contributed by atoms with Crippen molar-refractivity contribution in [2.24, 2.45) is 0 Å². The van der Waals surface area contributed by atoms with Gasteiger partial charge in [-0.1, -0.05) is 0 Å². The third-order valence-corrected chi connectivity index (χ3v) is 6.52. The maximum Gasteiger partial charge on any atom is 0.261 e. The van der Waals surface area contributed by atoms with Gasteiger partial charge in [0.15, 0.2) is 5.65 Å². The monoisotopic (exact) mass is 486 g/mol. The number of nitrogens with one attached hydrogen (secondary N) is 1. The average molecular weight is 487 g/mol. The molecule has 1 saturated heterocycles. The molecule has 1 fully saturated rings. The molecular formula is C24H28F2N6O3. The van der Waals surface area contributed by atoms with Gasteiger partial charge in [-0.25, -0.2) is 18.3 Å². The first-order valence-corrected chi connectivity index (χ1v) is 11.6. The molecule has 2 N–H and O–H groups in total. The molecule has 186 valence electrons. The zero-order valence-corrected chi connectivity index (χ0v) is 19.7. The minimum Gasteiger partial charge on any atom is -0.484 e. The maximum atomic E-state index is 13.3. The van der Waals surface area contributed by atoms with E-state index in [1.807, 2.05) is 26.0 Å². The van der Waals surface area contributed by atoms with Crippen molar-refractivity contribution in [3.05, 3.63) is 47.4 Å². The molecule has 4 heterocycles. The summed E-state index contributed by atoms with van der Waals surface area (Å²) in [6.07, 6.45) is 3.09. The van der Waals surface area contributed by atoms with Gasteiger partial charge in [0.2, 0.25) is 0 Å². The van der Waals surface area contributed by atoms with E-state index < -0.39 is 12.0 Å². The van der Waals surface area contributed by atoms with Crippen molar-refractivity contribution in [1.29, 1.82) is 0 Å². The Morgan fingerprint density at radius 1 is 1.26 bits per heavy atom. The van der Waals surface area contributed by atoms with E-state index in [-0.39, 0.29) is 19.1 Å². The highest BCUT2D eigenvalue weighted by atomic mass is 19.3. The van der Waals surface area contributed by atoms with Crippen LogP contribution in [0.25, 0.3) is 5.65 Å². The zero-order chi connectivity index (χ0) is 24.7. The van der Waals surface area contributed by atoms with Crippen LogP contribution in [0, 0.1) is 6.92 Å². The highest BCUT2D eigenvalue weighted by Gasteiger charge is 2.36. The first-order valence-electron chi connectivity index (χ1n) is 11.6. The van der Waals surface area contributed by atoms with Crippen molar-refractivity contribution in [3.8, 4) is 5.75 Å². The quantitative estimate of drug-likeness (QED) is 0.552. The molecule has 0 radical (unpaired) electrons. The third kappa shape index (κ3) is 4.65. The number of anilines is 2. The number of alkyl halides is 2. The Kier molecular flexibility index (Phi) is 6.06. The molecule has 2 aliphatic heterocycles. The minimum absolute atomic E-state index is 0.140. The van der Waals surface area contributed by atoms with Crippen molar-refractivity contribution in [1.82, 2.24) is 19.5 Å². The molecule has 0 saturated carbocycles. The lowest BCUT2D eigenvalue weighted by atomic mass is 9.99. The number of nitrogens with zero attached hydrogens (tertiary/aromatic N) is 5. The van der Waals surface area contributed by atoms with Gasteiger partial charge in [-0.3, -0.25) is 9.69 Å². The molecule has 35 heavy (non-hydrogen) atoms. The fourth-order valence-corrected chi connectivity index (χ4v) is 4.69. The number of aliphatic hydroxyl groups excluding tert-OH is 1. The van der Waals surface area contributed by atoms with Gasteiger partial charge in [0.05, 0.1) is 30.7 Å². The van der Waals surface area contributed by atoms with E-state index in [2.05, 4.69) is 20.3 Å². The van der Waals surface area contributed by atoms with Crippen molar-refractivity contribution in [2.75, 3.05) is 49.5 Å². The van der Waals surface area contributed by atoms with Crippen LogP contribution in [0.4, 0.5) is 20.2 Å². The molecule has 3 aromatic rings. The van der Waals surface area contributed by atoms with Crippen LogP contribution in [0.5, 0.6) is 5.75 Å². The fraction of sp³-hybridized carbons (Fsp3) is 0.458. The van der Waals surface area contributed by atoms with Gasteiger partial charge in [-0.15, -0.1) is 0 Å². The van der Waals surface area contributed by atoms with E-state index in [0.717, 1.165) is 16.8 Å². The van der Waals surface area contributed by atoms with Crippen LogP contribution < -0.4 is 15.0 Å². The Morgan fingerprint density at radius 2 is 2.03 bits per heavy atom. The molecule has 9 nitrogen and oxygen atoms in total. The van der Waals surface area contributed by atoms with Crippen LogP contribution in [0.3, 0.4) is 0 Å². The van der Waals surface area contributed by atoms with E-state index >= 15 is 0 Å². The van der Waals surface area contributed by atoms with Crippen molar-refractivity contribution >= 4 is 22.9 Å². The summed E-state index contributed by atoms with van der Waals surface area (Å²) in [6, 6.07) is 3.74. The van der Waals surface area contributed by atoms with Crippen LogP contribution >= 0.6 is 0 Å². The second-order valence-corrected chi connectivity index (χ2v) is 9.45. The summed E-state index contributed by atoms with van der Waals surface area (Å²) in [4.78, 5) is 21.4. The molecule has 5 rings (SSSR count). The SMILES string of the molecule is Cc1cnc2c(C(=O)Nc3cc4c(cc3N3CCN(CC(F)F)CC3)OC(C)(CO)C4)cnn2c1. The van der Waals surface area contributed by atoms with Crippen LogP contribution in [0.2, 0.25) is 0 Å². The normalized spacial score (nSPS) is 20.3. The number of amides is 1. The molecule has 0 spiro atoms. The third-order valence-electron chi connectivity index (χ3n) is 6.52. The Bertz CT molecular complexity index is 1260. The summed E-state index contributed by atoms with van der Waals surface area (Å²) >= 11 is 0. The van der Waals surface area contributed by atoms with Crippen LogP contribution in [-0.2, 0) is 6.42 Å². The van der Waals surface area contributed by atoms with E-state index in [1.54, 1.807) is 21.8 Å². The Hall–Kier alpha value is -3.31. The molecule has 1 unspecified atom stereocenters. The van der Waals surface area contributed by atoms with Gasteiger partial charge in [0.1, 0.15) is 16.9 Å². The topological polar surface area (TPSA) is 95.2 Å². The number of aryl methyl sites for hydroxylation is 1. The predicted octanol–water partition coefficient (Wildman–Crippen LogP) is 2.36. The number of aliphatic hydroxyl groups is 1. The van der Waals surface area contributed by atoms with Gasteiger partial charge >= 0.3 is 0 Å². The largest absolute Gasteiger partial charge is 0.484 e. The lowest BCUT2D eigenvalue weighted by Gasteiger charge is -2.37. The number of piperazine rings is 1. The van der Waals surface area contributed by atoms with Gasteiger partial charge in [0.25, 0.3) is 12.3 Å². The molecule has 0 aliphatic carbocycles. The van der Waals surface area contributed by atoms with E-state index in [0.29, 0.717) is 55.2 Å². The van der Waals surface area contributed by atoms with Gasteiger partial charge < -0.3 is 20.1 Å². The number of ether oxygens (including phenoxy) is 1. The number of fused-ring (bicyclic) bond motifs is 2. The molecule has 1 aromatic carbocycles. The van der Waals surface area contributed by atoms with Crippen LogP contribution in [0.15, 0.2) is 30.7 Å². The number of aromatic nitrogens is 3. The maximum absolute atomic E-state index is 13.3. The fourth-order valence-electron chi connectivity index (χ4n) is 4.69. The summed E-state index contributed by atoms with van der Waals surface area (Å²) in [5.41, 5.74) is 3.20. The molecular weight excluding hydrogens is 458 g/mol. The number of benzene rings is 1. The predicted molar refractivity (Wildman–Crippen MR) is 127 cm³/mol. The van der Waals surface area contributed by atoms with Crippen molar-refractivity contribution < 1.29 is 23.4 Å². The standard InChI is InChI=1S/C24H28F2N6O3/c1-15-10-27-22-17(11-28-32(22)12-15)23(34)29-18-7-16-9-24(2,14-33)35-20(16)8-19(18)31-5-3-30(4-6-31)13-21(25)26/h7-8,10-12,21,33H,3-6,9,13-14H2,1-2H3,(H,29,34). The summed E-state index contributed by atoms with van der Waals surface area (Å²) in [5.74, 6) is 0.301. The molecule has 1 amide bonds. The van der Waals surface area contributed by atoms with Crippen molar-refractivity contribution in [3.63, 3.8) is 0 Å². The van der Waals surface area contributed by atoms with Crippen LogP contribution in [0.1, 0.15) is 28.4 Å². The van der Waals surface area contributed by atoms with Gasteiger partial charge in [0, 0.05) is 56.6 Å². The average Bonchev–Trinajstić information content (AvgIpc) is 3.38. The number of carbonyl (C=O) groups excluding carboxylic acids is 1. The summed E-state index contributed by atoms with van der Waals surface area (Å²) in [5, 5.41) is 17.0. The Balaban J connectivity index is 1.45. The number of hydrogen-bond acceptors (Lipinski definition) is 7. The van der Waals surface area contributed by atoms with E-state index in [1.165, 1.54) is 6.20 Å². The Morgan fingerprint density at radius 3 is 2.74 bits per heavy atom. The van der Waals surface area contributed by atoms with Gasteiger partial charge in [-0.05, 0) is 25.5 Å². The Labute approximate surface area is 201 Å².